The molecule has 5 rings (SSSR count). The highest BCUT2D eigenvalue weighted by atomic mass is 32.2. The van der Waals surface area contributed by atoms with E-state index in [2.05, 4.69) is 9.71 Å². The minimum Gasteiger partial charge on any atom is -0.368 e. The number of hydrogen-bond donors (Lipinski definition) is 1. The Labute approximate surface area is 217 Å². The van der Waals surface area contributed by atoms with E-state index in [0.717, 1.165) is 12.1 Å². The van der Waals surface area contributed by atoms with E-state index < -0.39 is 21.8 Å². The largest absolute Gasteiger partial charge is 0.416 e. The third-order valence-corrected chi connectivity index (χ3v) is 7.79. The molecular weight excluding hydrogens is 517 g/mol. The number of carbonyl (C=O) groups is 1. The molecule has 1 saturated heterocycles. The molecule has 0 spiro atoms. The summed E-state index contributed by atoms with van der Waals surface area (Å²) in [6, 6.07) is 19.7. The van der Waals surface area contributed by atoms with Gasteiger partial charge in [0.25, 0.3) is 15.9 Å². The summed E-state index contributed by atoms with van der Waals surface area (Å²) in [4.78, 5) is 20.7. The van der Waals surface area contributed by atoms with Crippen LogP contribution in [0.3, 0.4) is 0 Å². The van der Waals surface area contributed by atoms with Gasteiger partial charge >= 0.3 is 6.18 Å². The van der Waals surface area contributed by atoms with Crippen molar-refractivity contribution in [2.75, 3.05) is 35.8 Å². The summed E-state index contributed by atoms with van der Waals surface area (Å²) in [5, 5.41) is 0.699. The minimum atomic E-state index is -4.42. The molecule has 1 fully saturated rings. The number of aromatic nitrogens is 1. The van der Waals surface area contributed by atoms with Crippen LogP contribution in [0.15, 0.2) is 90.0 Å². The van der Waals surface area contributed by atoms with Gasteiger partial charge < -0.3 is 9.80 Å². The highest BCUT2D eigenvalue weighted by molar-refractivity contribution is 7.93. The number of sulfonamides is 1. The van der Waals surface area contributed by atoms with Gasteiger partial charge in [-0.15, -0.1) is 0 Å². The summed E-state index contributed by atoms with van der Waals surface area (Å²) in [5.74, 6) is -0.235. The SMILES string of the molecule is O=C(c1ccc(NS(=O)(=O)c2cccc3cccnc23)cc1)N1CCN(c2cccc(C(F)(F)F)c2)CC1. The van der Waals surface area contributed by atoms with Crippen LogP contribution in [0.4, 0.5) is 24.5 Å². The second kappa shape index (κ2) is 9.97. The zero-order valence-electron chi connectivity index (χ0n) is 20.0. The number of fused-ring (bicyclic) bond motifs is 1. The van der Waals surface area contributed by atoms with Gasteiger partial charge in [-0.2, -0.15) is 13.2 Å². The molecule has 0 saturated carbocycles. The zero-order chi connectivity index (χ0) is 26.9. The monoisotopic (exact) mass is 540 g/mol. The molecule has 0 radical (unpaired) electrons. The van der Waals surface area contributed by atoms with Crippen LogP contribution in [0.5, 0.6) is 0 Å². The third-order valence-electron chi connectivity index (χ3n) is 6.37. The van der Waals surface area contributed by atoms with Gasteiger partial charge in [0, 0.05) is 54.7 Å². The number of nitrogens with zero attached hydrogens (tertiary/aromatic N) is 3. The predicted molar refractivity (Wildman–Crippen MR) is 139 cm³/mol. The predicted octanol–water partition coefficient (Wildman–Crippen LogP) is 5.02. The van der Waals surface area contributed by atoms with Crippen LogP contribution in [0.25, 0.3) is 10.9 Å². The number of pyridine rings is 1. The van der Waals surface area contributed by atoms with Gasteiger partial charge in [-0.1, -0.05) is 24.3 Å². The Bertz CT molecular complexity index is 1580. The maximum absolute atomic E-state index is 13.0. The Morgan fingerprint density at radius 3 is 2.26 bits per heavy atom. The Morgan fingerprint density at radius 1 is 0.868 bits per heavy atom. The number of halogens is 3. The second-order valence-corrected chi connectivity index (χ2v) is 10.5. The average molecular weight is 541 g/mol. The van der Waals surface area contributed by atoms with Gasteiger partial charge in [-0.25, -0.2) is 8.42 Å². The normalized spacial score (nSPS) is 14.5. The smallest absolute Gasteiger partial charge is 0.368 e. The molecule has 0 bridgehead atoms. The van der Waals surface area contributed by atoms with Crippen molar-refractivity contribution >= 4 is 38.2 Å². The van der Waals surface area contributed by atoms with Crippen molar-refractivity contribution in [3.05, 3.63) is 96.2 Å². The van der Waals surface area contributed by atoms with Crippen LogP contribution < -0.4 is 9.62 Å². The Morgan fingerprint density at radius 2 is 1.55 bits per heavy atom. The molecule has 1 aromatic heterocycles. The molecule has 3 aromatic carbocycles. The van der Waals surface area contributed by atoms with Gasteiger partial charge in [-0.05, 0) is 54.6 Å². The molecule has 1 aliphatic heterocycles. The van der Waals surface area contributed by atoms with E-state index >= 15 is 0 Å². The minimum absolute atomic E-state index is 0.0504. The summed E-state index contributed by atoms with van der Waals surface area (Å²) in [5.41, 5.74) is 0.792. The summed E-state index contributed by atoms with van der Waals surface area (Å²) >= 11 is 0. The van der Waals surface area contributed by atoms with Crippen molar-refractivity contribution in [1.29, 1.82) is 0 Å². The molecule has 7 nitrogen and oxygen atoms in total. The fourth-order valence-electron chi connectivity index (χ4n) is 4.41. The average Bonchev–Trinajstić information content (AvgIpc) is 2.92. The summed E-state index contributed by atoms with van der Waals surface area (Å²) < 4.78 is 67.7. The molecule has 1 aliphatic rings. The second-order valence-electron chi connectivity index (χ2n) is 8.84. The standard InChI is InChI=1S/C27H23F3N4O3S/c28-27(29,30)21-6-2-7-23(18-21)33-14-16-34(17-15-33)26(35)20-9-11-22(12-10-20)32-38(36,37)24-8-1-4-19-5-3-13-31-25(19)24/h1-13,18,32H,14-17H2. The fraction of sp³-hybridized carbons (Fsp3) is 0.185. The summed E-state index contributed by atoms with van der Waals surface area (Å²) in [7, 11) is -3.92. The Kier molecular flexibility index (Phi) is 6.70. The van der Waals surface area contributed by atoms with Crippen LogP contribution in [0, 0.1) is 0 Å². The lowest BCUT2D eigenvalue weighted by atomic mass is 10.1. The van der Waals surface area contributed by atoms with Crippen LogP contribution in [-0.4, -0.2) is 50.4 Å². The summed E-state index contributed by atoms with van der Waals surface area (Å²) in [6.07, 6.45) is -2.89. The number of anilines is 2. The highest BCUT2D eigenvalue weighted by Crippen LogP contribution is 2.32. The van der Waals surface area contributed by atoms with E-state index in [1.54, 1.807) is 47.4 Å². The molecule has 11 heteroatoms. The van der Waals surface area contributed by atoms with E-state index in [0.29, 0.717) is 54.0 Å². The van der Waals surface area contributed by atoms with Gasteiger partial charge in [0.15, 0.2) is 0 Å². The van der Waals surface area contributed by atoms with Gasteiger partial charge in [0.2, 0.25) is 0 Å². The topological polar surface area (TPSA) is 82.6 Å². The maximum Gasteiger partial charge on any atom is 0.416 e. The molecule has 38 heavy (non-hydrogen) atoms. The van der Waals surface area contributed by atoms with Crippen molar-refractivity contribution in [1.82, 2.24) is 9.88 Å². The Hall–Kier alpha value is -4.12. The van der Waals surface area contributed by atoms with E-state index in [1.807, 2.05) is 4.90 Å². The van der Waals surface area contributed by atoms with Crippen molar-refractivity contribution in [3.63, 3.8) is 0 Å². The van der Waals surface area contributed by atoms with E-state index in [1.165, 1.54) is 30.5 Å². The van der Waals surface area contributed by atoms with Crippen LogP contribution in [0.1, 0.15) is 15.9 Å². The molecule has 0 atom stereocenters. The number of hydrogen-bond acceptors (Lipinski definition) is 5. The first-order valence-corrected chi connectivity index (χ1v) is 13.3. The quantitative estimate of drug-likeness (QED) is 0.385. The fourth-order valence-corrected chi connectivity index (χ4v) is 5.65. The lowest BCUT2D eigenvalue weighted by molar-refractivity contribution is -0.137. The molecule has 2 heterocycles. The molecule has 4 aromatic rings. The van der Waals surface area contributed by atoms with E-state index in [4.69, 9.17) is 0 Å². The van der Waals surface area contributed by atoms with Crippen LogP contribution in [0.2, 0.25) is 0 Å². The van der Waals surface area contributed by atoms with Gasteiger partial charge in [-0.3, -0.25) is 14.5 Å². The number of amides is 1. The summed E-state index contributed by atoms with van der Waals surface area (Å²) in [6.45, 7) is 1.48. The van der Waals surface area contributed by atoms with Gasteiger partial charge in [0.05, 0.1) is 11.1 Å². The number of carbonyl (C=O) groups excluding carboxylic acids is 1. The number of benzene rings is 3. The van der Waals surface area contributed by atoms with Crippen molar-refractivity contribution in [3.8, 4) is 0 Å². The first kappa shape index (κ1) is 25.5. The first-order chi connectivity index (χ1) is 18.1. The van der Waals surface area contributed by atoms with E-state index in [9.17, 15) is 26.4 Å². The number of nitrogens with one attached hydrogen (secondary N) is 1. The third kappa shape index (κ3) is 5.28. The van der Waals surface area contributed by atoms with Crippen LogP contribution in [-0.2, 0) is 16.2 Å². The van der Waals surface area contributed by atoms with E-state index in [-0.39, 0.29) is 10.8 Å². The van der Waals surface area contributed by atoms with Crippen molar-refractivity contribution in [2.24, 2.45) is 0 Å². The molecular formula is C27H23F3N4O3S. The van der Waals surface area contributed by atoms with Crippen molar-refractivity contribution in [2.45, 2.75) is 11.1 Å². The molecule has 1 amide bonds. The molecule has 1 N–H and O–H groups in total. The number of rotatable bonds is 5. The maximum atomic E-state index is 13.0. The highest BCUT2D eigenvalue weighted by Gasteiger charge is 2.31. The van der Waals surface area contributed by atoms with Crippen LogP contribution >= 0.6 is 0 Å². The lowest BCUT2D eigenvalue weighted by Crippen LogP contribution is -2.48. The zero-order valence-corrected chi connectivity index (χ0v) is 20.8. The number of alkyl halides is 3. The van der Waals surface area contributed by atoms with Gasteiger partial charge in [0.1, 0.15) is 4.90 Å². The van der Waals surface area contributed by atoms with Crippen molar-refractivity contribution < 1.29 is 26.4 Å². The molecule has 0 unspecified atom stereocenters. The lowest BCUT2D eigenvalue weighted by Gasteiger charge is -2.36. The number of piperazine rings is 1. The number of para-hydroxylation sites is 1. The first-order valence-electron chi connectivity index (χ1n) is 11.8. The molecule has 196 valence electrons. The Balaban J connectivity index is 1.24. The molecule has 0 aliphatic carbocycles.